The molecule has 0 spiro atoms. The highest BCUT2D eigenvalue weighted by Gasteiger charge is 2.10. The van der Waals surface area contributed by atoms with Crippen LogP contribution in [-0.2, 0) is 7.05 Å². The largest absolute Gasteiger partial charge is 0.396 e. The lowest BCUT2D eigenvalue weighted by atomic mass is 10.2. The maximum atomic E-state index is 11.7. The number of amides is 1. The summed E-state index contributed by atoms with van der Waals surface area (Å²) in [7, 11) is 1.76. The summed E-state index contributed by atoms with van der Waals surface area (Å²) in [4.78, 5) is 11.7. The second kappa shape index (κ2) is 6.27. The Morgan fingerprint density at radius 1 is 1.50 bits per heavy atom. The summed E-state index contributed by atoms with van der Waals surface area (Å²) in [5, 5.41) is 15.5. The number of aliphatic hydroxyl groups is 1. The molecule has 16 heavy (non-hydrogen) atoms. The Morgan fingerprint density at radius 2 is 2.25 bits per heavy atom. The van der Waals surface area contributed by atoms with Gasteiger partial charge in [0, 0.05) is 20.2 Å². The Balaban J connectivity index is 2.33. The maximum absolute atomic E-state index is 11.7. The third-order valence-electron chi connectivity index (χ3n) is 2.36. The van der Waals surface area contributed by atoms with Crippen molar-refractivity contribution in [3.63, 3.8) is 0 Å². The molecule has 90 valence electrons. The summed E-state index contributed by atoms with van der Waals surface area (Å²) in [5.41, 5.74) is 1.42. The van der Waals surface area contributed by atoms with Crippen LogP contribution in [0.4, 0.5) is 0 Å². The molecule has 0 aliphatic heterocycles. The van der Waals surface area contributed by atoms with Crippen LogP contribution >= 0.6 is 0 Å². The molecule has 5 heteroatoms. The molecule has 2 N–H and O–H groups in total. The molecule has 0 atom stereocenters. The summed E-state index contributed by atoms with van der Waals surface area (Å²) in [6, 6.07) is 1.77. The molecule has 0 radical (unpaired) electrons. The fourth-order valence-corrected chi connectivity index (χ4v) is 1.53. The Bertz CT molecular complexity index is 347. The summed E-state index contributed by atoms with van der Waals surface area (Å²) in [6.07, 6.45) is 2.62. The minimum Gasteiger partial charge on any atom is -0.396 e. The number of aromatic nitrogens is 2. The monoisotopic (exact) mass is 225 g/mol. The molecule has 0 fully saturated rings. The van der Waals surface area contributed by atoms with Gasteiger partial charge in [0.1, 0.15) is 5.69 Å². The van der Waals surface area contributed by atoms with Crippen molar-refractivity contribution >= 4 is 5.91 Å². The van der Waals surface area contributed by atoms with Crippen molar-refractivity contribution in [1.82, 2.24) is 15.1 Å². The summed E-state index contributed by atoms with van der Waals surface area (Å²) in [5.74, 6) is -0.0906. The highest BCUT2D eigenvalue weighted by molar-refractivity contribution is 5.92. The van der Waals surface area contributed by atoms with Gasteiger partial charge in [0.25, 0.3) is 5.91 Å². The second-order valence-corrected chi connectivity index (χ2v) is 3.83. The van der Waals surface area contributed by atoms with E-state index in [1.54, 1.807) is 17.8 Å². The first-order chi connectivity index (χ1) is 7.65. The lowest BCUT2D eigenvalue weighted by Crippen LogP contribution is -2.26. The average Bonchev–Trinajstić information content (AvgIpc) is 2.57. The number of aryl methyl sites for hydroxylation is 2. The topological polar surface area (TPSA) is 67.2 Å². The molecule has 0 aliphatic rings. The van der Waals surface area contributed by atoms with Gasteiger partial charge in [-0.25, -0.2) is 0 Å². The van der Waals surface area contributed by atoms with E-state index in [2.05, 4.69) is 10.4 Å². The van der Waals surface area contributed by atoms with Crippen LogP contribution in [0.25, 0.3) is 0 Å². The van der Waals surface area contributed by atoms with Crippen LogP contribution in [0.5, 0.6) is 0 Å². The van der Waals surface area contributed by atoms with Crippen LogP contribution in [0.1, 0.15) is 35.4 Å². The zero-order valence-electron chi connectivity index (χ0n) is 9.86. The van der Waals surface area contributed by atoms with Gasteiger partial charge in [0.15, 0.2) is 0 Å². The van der Waals surface area contributed by atoms with Gasteiger partial charge < -0.3 is 10.4 Å². The fraction of sp³-hybridized carbons (Fsp3) is 0.636. The average molecular weight is 225 g/mol. The normalized spacial score (nSPS) is 10.4. The maximum Gasteiger partial charge on any atom is 0.269 e. The van der Waals surface area contributed by atoms with Crippen LogP contribution < -0.4 is 5.32 Å². The molecule has 1 aromatic heterocycles. The Kier molecular flexibility index (Phi) is 4.98. The molecule has 0 bridgehead atoms. The van der Waals surface area contributed by atoms with E-state index in [4.69, 9.17) is 5.11 Å². The molecular formula is C11H19N3O2. The molecule has 0 saturated heterocycles. The molecular weight excluding hydrogens is 206 g/mol. The third-order valence-corrected chi connectivity index (χ3v) is 2.36. The van der Waals surface area contributed by atoms with Crippen molar-refractivity contribution in [3.05, 3.63) is 17.5 Å². The zero-order valence-corrected chi connectivity index (χ0v) is 9.86. The van der Waals surface area contributed by atoms with Gasteiger partial charge in [-0.2, -0.15) is 5.10 Å². The summed E-state index contributed by atoms with van der Waals surface area (Å²) < 4.78 is 1.58. The minimum absolute atomic E-state index is 0.0906. The first kappa shape index (κ1) is 12.7. The molecule has 0 unspecified atom stereocenters. The number of hydrogen-bond donors (Lipinski definition) is 2. The van der Waals surface area contributed by atoms with Crippen molar-refractivity contribution in [3.8, 4) is 0 Å². The molecule has 5 nitrogen and oxygen atoms in total. The van der Waals surface area contributed by atoms with E-state index in [0.717, 1.165) is 25.0 Å². The number of aliphatic hydroxyl groups excluding tert-OH is 1. The Hall–Kier alpha value is -1.36. The lowest BCUT2D eigenvalue weighted by Gasteiger charge is -2.04. The van der Waals surface area contributed by atoms with Crippen LogP contribution in [0, 0.1) is 6.92 Å². The molecule has 0 aromatic carbocycles. The van der Waals surface area contributed by atoms with Crippen molar-refractivity contribution in [2.24, 2.45) is 7.05 Å². The van der Waals surface area contributed by atoms with Crippen molar-refractivity contribution in [1.29, 1.82) is 0 Å². The number of unbranched alkanes of at least 4 members (excludes halogenated alkanes) is 2. The SMILES string of the molecule is Cc1cc(C(=O)NCCCCCO)n(C)n1. The quantitative estimate of drug-likeness (QED) is 0.697. The van der Waals surface area contributed by atoms with E-state index >= 15 is 0 Å². The zero-order chi connectivity index (χ0) is 12.0. The van der Waals surface area contributed by atoms with Crippen molar-refractivity contribution in [2.75, 3.05) is 13.2 Å². The van der Waals surface area contributed by atoms with Gasteiger partial charge in [-0.05, 0) is 32.3 Å². The predicted octanol–water partition coefficient (Wildman–Crippen LogP) is 0.621. The van der Waals surface area contributed by atoms with Crippen LogP contribution in [0.3, 0.4) is 0 Å². The van der Waals surface area contributed by atoms with Crippen molar-refractivity contribution in [2.45, 2.75) is 26.2 Å². The van der Waals surface area contributed by atoms with E-state index in [9.17, 15) is 4.79 Å². The number of carbonyl (C=O) groups is 1. The van der Waals surface area contributed by atoms with Crippen LogP contribution in [0.2, 0.25) is 0 Å². The summed E-state index contributed by atoms with van der Waals surface area (Å²) >= 11 is 0. The van der Waals surface area contributed by atoms with Gasteiger partial charge in [-0.1, -0.05) is 0 Å². The standard InChI is InChI=1S/C11H19N3O2/c1-9-8-10(14(2)13-9)11(16)12-6-4-3-5-7-15/h8,15H,3-7H2,1-2H3,(H,12,16). The Labute approximate surface area is 95.5 Å². The molecule has 1 rings (SSSR count). The number of nitrogens with one attached hydrogen (secondary N) is 1. The number of hydrogen-bond acceptors (Lipinski definition) is 3. The highest BCUT2D eigenvalue weighted by atomic mass is 16.2. The molecule has 1 aromatic rings. The van der Waals surface area contributed by atoms with E-state index in [1.165, 1.54) is 0 Å². The van der Waals surface area contributed by atoms with Gasteiger partial charge >= 0.3 is 0 Å². The van der Waals surface area contributed by atoms with Gasteiger partial charge in [-0.3, -0.25) is 9.48 Å². The van der Waals surface area contributed by atoms with E-state index in [1.807, 2.05) is 6.92 Å². The van der Waals surface area contributed by atoms with E-state index in [0.29, 0.717) is 12.2 Å². The van der Waals surface area contributed by atoms with Gasteiger partial charge in [0.05, 0.1) is 5.69 Å². The first-order valence-corrected chi connectivity index (χ1v) is 5.55. The highest BCUT2D eigenvalue weighted by Crippen LogP contribution is 2.01. The first-order valence-electron chi connectivity index (χ1n) is 5.55. The molecule has 0 saturated carbocycles. The van der Waals surface area contributed by atoms with Crippen LogP contribution in [-0.4, -0.2) is 33.9 Å². The fourth-order valence-electron chi connectivity index (χ4n) is 1.53. The van der Waals surface area contributed by atoms with Crippen LogP contribution in [0.15, 0.2) is 6.07 Å². The minimum atomic E-state index is -0.0906. The molecule has 1 heterocycles. The lowest BCUT2D eigenvalue weighted by molar-refractivity contribution is 0.0943. The molecule has 0 aliphatic carbocycles. The predicted molar refractivity (Wildman–Crippen MR) is 61.2 cm³/mol. The van der Waals surface area contributed by atoms with Gasteiger partial charge in [0.2, 0.25) is 0 Å². The van der Waals surface area contributed by atoms with E-state index in [-0.39, 0.29) is 12.5 Å². The number of rotatable bonds is 6. The second-order valence-electron chi connectivity index (χ2n) is 3.83. The summed E-state index contributed by atoms with van der Waals surface area (Å²) in [6.45, 7) is 2.72. The van der Waals surface area contributed by atoms with Gasteiger partial charge in [-0.15, -0.1) is 0 Å². The smallest absolute Gasteiger partial charge is 0.269 e. The molecule has 1 amide bonds. The third kappa shape index (κ3) is 3.66. The number of nitrogens with zero attached hydrogens (tertiary/aromatic N) is 2. The number of carbonyl (C=O) groups excluding carboxylic acids is 1. The Morgan fingerprint density at radius 3 is 2.81 bits per heavy atom. The van der Waals surface area contributed by atoms with Crippen molar-refractivity contribution < 1.29 is 9.90 Å². The van der Waals surface area contributed by atoms with E-state index < -0.39 is 0 Å².